The van der Waals surface area contributed by atoms with Gasteiger partial charge in [0.1, 0.15) is 12.2 Å². The molecule has 0 aliphatic heterocycles. The van der Waals surface area contributed by atoms with Crippen molar-refractivity contribution in [3.8, 4) is 0 Å². The van der Waals surface area contributed by atoms with Gasteiger partial charge >= 0.3 is 5.97 Å². The van der Waals surface area contributed by atoms with E-state index in [-0.39, 0.29) is 18.1 Å². The molecule has 1 saturated carbocycles. The van der Waals surface area contributed by atoms with Gasteiger partial charge in [0.25, 0.3) is 5.91 Å². The smallest absolute Gasteiger partial charge is 0.311 e. The zero-order valence-corrected chi connectivity index (χ0v) is 13.4. The standard InChI is InChI=1S/C17H25NO4/c1-12-11-22-14(10-15(19)20)16(12)17(21)18(2)9-8-13-6-4-3-5-7-13/h11,13H,3-10H2,1-2H3,(H,19,20). The van der Waals surface area contributed by atoms with Gasteiger partial charge in [-0.25, -0.2) is 0 Å². The summed E-state index contributed by atoms with van der Waals surface area (Å²) in [5, 5.41) is 8.91. The van der Waals surface area contributed by atoms with Crippen LogP contribution in [0.25, 0.3) is 0 Å². The average molecular weight is 307 g/mol. The van der Waals surface area contributed by atoms with Crippen LogP contribution in [0.3, 0.4) is 0 Å². The summed E-state index contributed by atoms with van der Waals surface area (Å²) in [6.45, 7) is 2.48. The van der Waals surface area contributed by atoms with Crippen LogP contribution in [-0.2, 0) is 11.2 Å². The Morgan fingerprint density at radius 1 is 1.32 bits per heavy atom. The van der Waals surface area contributed by atoms with Crippen molar-refractivity contribution in [1.82, 2.24) is 4.90 Å². The molecule has 1 heterocycles. The van der Waals surface area contributed by atoms with Gasteiger partial charge in [0.05, 0.1) is 11.8 Å². The van der Waals surface area contributed by atoms with Crippen molar-refractivity contribution in [2.45, 2.75) is 51.9 Å². The molecule has 5 heteroatoms. The number of carboxylic acid groups (broad SMARTS) is 1. The van der Waals surface area contributed by atoms with Gasteiger partial charge in [-0.3, -0.25) is 9.59 Å². The summed E-state index contributed by atoms with van der Waals surface area (Å²) in [6.07, 6.45) is 8.67. The van der Waals surface area contributed by atoms with E-state index in [0.717, 1.165) is 6.42 Å². The minimum atomic E-state index is -0.992. The highest BCUT2D eigenvalue weighted by molar-refractivity contribution is 5.97. The Balaban J connectivity index is 1.97. The van der Waals surface area contributed by atoms with E-state index < -0.39 is 5.97 Å². The fourth-order valence-corrected chi connectivity index (χ4v) is 3.20. The Kier molecular flexibility index (Phi) is 5.63. The van der Waals surface area contributed by atoms with Crippen LogP contribution < -0.4 is 0 Å². The molecule has 1 aromatic heterocycles. The number of hydrogen-bond acceptors (Lipinski definition) is 3. The van der Waals surface area contributed by atoms with Crippen LogP contribution in [0, 0.1) is 12.8 Å². The zero-order chi connectivity index (χ0) is 16.1. The molecule has 1 fully saturated rings. The number of carbonyl (C=O) groups excluding carboxylic acids is 1. The van der Waals surface area contributed by atoms with Crippen LogP contribution in [0.5, 0.6) is 0 Å². The van der Waals surface area contributed by atoms with Gasteiger partial charge in [0.15, 0.2) is 0 Å². The summed E-state index contributed by atoms with van der Waals surface area (Å²) in [4.78, 5) is 25.1. The number of amides is 1. The van der Waals surface area contributed by atoms with Gasteiger partial charge in [0.2, 0.25) is 0 Å². The van der Waals surface area contributed by atoms with E-state index in [1.54, 1.807) is 18.9 Å². The largest absolute Gasteiger partial charge is 0.481 e. The first-order valence-corrected chi connectivity index (χ1v) is 8.03. The Bertz CT molecular complexity index is 529. The summed E-state index contributed by atoms with van der Waals surface area (Å²) in [5.41, 5.74) is 1.11. The van der Waals surface area contributed by atoms with E-state index in [1.807, 2.05) is 0 Å². The zero-order valence-electron chi connectivity index (χ0n) is 13.4. The molecule has 0 bridgehead atoms. The second kappa shape index (κ2) is 7.47. The summed E-state index contributed by atoms with van der Waals surface area (Å²) in [5.74, 6) is -0.168. The summed E-state index contributed by atoms with van der Waals surface area (Å²) >= 11 is 0. The molecule has 1 aliphatic carbocycles. The number of carboxylic acids is 1. The Labute approximate surface area is 131 Å². The van der Waals surface area contributed by atoms with E-state index in [4.69, 9.17) is 9.52 Å². The van der Waals surface area contributed by atoms with Crippen LogP contribution in [-0.4, -0.2) is 35.5 Å². The van der Waals surface area contributed by atoms with Crippen LogP contribution >= 0.6 is 0 Å². The molecule has 1 amide bonds. The van der Waals surface area contributed by atoms with Gasteiger partial charge in [-0.15, -0.1) is 0 Å². The molecular weight excluding hydrogens is 282 g/mol. The summed E-state index contributed by atoms with van der Waals surface area (Å²) in [6, 6.07) is 0. The first kappa shape index (κ1) is 16.6. The summed E-state index contributed by atoms with van der Waals surface area (Å²) < 4.78 is 5.24. The van der Waals surface area contributed by atoms with Gasteiger partial charge in [0, 0.05) is 19.2 Å². The fraction of sp³-hybridized carbons (Fsp3) is 0.647. The third kappa shape index (κ3) is 4.12. The second-order valence-electron chi connectivity index (χ2n) is 6.31. The molecule has 22 heavy (non-hydrogen) atoms. The number of hydrogen-bond donors (Lipinski definition) is 1. The van der Waals surface area contributed by atoms with Crippen molar-refractivity contribution in [2.75, 3.05) is 13.6 Å². The lowest BCUT2D eigenvalue weighted by Gasteiger charge is -2.24. The molecule has 0 spiro atoms. The predicted molar refractivity (Wildman–Crippen MR) is 82.9 cm³/mol. The molecular formula is C17H25NO4. The van der Waals surface area contributed by atoms with Crippen LogP contribution in [0.15, 0.2) is 10.7 Å². The van der Waals surface area contributed by atoms with Crippen molar-refractivity contribution < 1.29 is 19.1 Å². The third-order valence-electron chi connectivity index (χ3n) is 4.52. The predicted octanol–water partition coefficient (Wildman–Crippen LogP) is 3.26. The van der Waals surface area contributed by atoms with Gasteiger partial charge in [-0.2, -0.15) is 0 Å². The second-order valence-corrected chi connectivity index (χ2v) is 6.31. The van der Waals surface area contributed by atoms with E-state index >= 15 is 0 Å². The lowest BCUT2D eigenvalue weighted by atomic mass is 9.87. The number of rotatable bonds is 6. The Morgan fingerprint density at radius 3 is 2.64 bits per heavy atom. The molecule has 0 aromatic carbocycles. The third-order valence-corrected chi connectivity index (χ3v) is 4.52. The maximum absolute atomic E-state index is 12.6. The van der Waals surface area contributed by atoms with Gasteiger partial charge in [-0.1, -0.05) is 32.1 Å². The molecule has 5 nitrogen and oxygen atoms in total. The monoisotopic (exact) mass is 307 g/mol. The van der Waals surface area contributed by atoms with Crippen LogP contribution in [0.2, 0.25) is 0 Å². The maximum atomic E-state index is 12.6. The van der Waals surface area contributed by atoms with Gasteiger partial charge in [-0.05, 0) is 19.3 Å². The van der Waals surface area contributed by atoms with E-state index in [0.29, 0.717) is 23.6 Å². The molecule has 1 aromatic rings. The van der Waals surface area contributed by atoms with Crippen molar-refractivity contribution in [1.29, 1.82) is 0 Å². The highest BCUT2D eigenvalue weighted by Gasteiger charge is 2.24. The minimum Gasteiger partial charge on any atom is -0.481 e. The number of furan rings is 1. The quantitative estimate of drug-likeness (QED) is 0.875. The summed E-state index contributed by atoms with van der Waals surface area (Å²) in [7, 11) is 1.78. The lowest BCUT2D eigenvalue weighted by molar-refractivity contribution is -0.136. The number of nitrogens with zero attached hydrogens (tertiary/aromatic N) is 1. The highest BCUT2D eigenvalue weighted by atomic mass is 16.4. The minimum absolute atomic E-state index is 0.140. The normalized spacial score (nSPS) is 15.7. The molecule has 0 unspecified atom stereocenters. The van der Waals surface area contributed by atoms with E-state index in [2.05, 4.69) is 0 Å². The average Bonchev–Trinajstić information content (AvgIpc) is 2.85. The van der Waals surface area contributed by atoms with E-state index in [9.17, 15) is 9.59 Å². The fourth-order valence-electron chi connectivity index (χ4n) is 3.20. The van der Waals surface area contributed by atoms with E-state index in [1.165, 1.54) is 38.4 Å². The molecule has 1 N–H and O–H groups in total. The highest BCUT2D eigenvalue weighted by Crippen LogP contribution is 2.27. The topological polar surface area (TPSA) is 70.7 Å². The first-order valence-electron chi connectivity index (χ1n) is 8.03. The molecule has 1 aliphatic rings. The first-order chi connectivity index (χ1) is 10.5. The molecule has 0 saturated heterocycles. The molecule has 0 radical (unpaired) electrons. The SMILES string of the molecule is Cc1coc(CC(=O)O)c1C(=O)N(C)CCC1CCCCC1. The van der Waals surface area contributed by atoms with Crippen molar-refractivity contribution in [3.05, 3.63) is 23.2 Å². The number of aliphatic carboxylic acids is 1. The molecule has 0 atom stereocenters. The molecule has 2 rings (SSSR count). The number of carbonyl (C=O) groups is 2. The number of aryl methyl sites for hydroxylation is 1. The molecule has 122 valence electrons. The Hall–Kier alpha value is -1.78. The van der Waals surface area contributed by atoms with Crippen molar-refractivity contribution in [2.24, 2.45) is 5.92 Å². The van der Waals surface area contributed by atoms with Gasteiger partial charge < -0.3 is 14.4 Å². The maximum Gasteiger partial charge on any atom is 0.311 e. The van der Waals surface area contributed by atoms with Crippen molar-refractivity contribution >= 4 is 11.9 Å². The lowest BCUT2D eigenvalue weighted by Crippen LogP contribution is -2.30. The van der Waals surface area contributed by atoms with Crippen LogP contribution in [0.1, 0.15) is 60.2 Å². The Morgan fingerprint density at radius 2 is 2.00 bits per heavy atom. The van der Waals surface area contributed by atoms with Crippen LogP contribution in [0.4, 0.5) is 0 Å². The van der Waals surface area contributed by atoms with Crippen molar-refractivity contribution in [3.63, 3.8) is 0 Å².